The second kappa shape index (κ2) is 7.21. The highest BCUT2D eigenvalue weighted by molar-refractivity contribution is 5.80. The van der Waals surface area contributed by atoms with Crippen LogP contribution in [0.15, 0.2) is 37.3 Å². The molecular weight excluding hydrogens is 316 g/mol. The zero-order valence-electron chi connectivity index (χ0n) is 14.4. The lowest BCUT2D eigenvalue weighted by Crippen LogP contribution is -2.48. The van der Waals surface area contributed by atoms with Crippen molar-refractivity contribution < 1.29 is 4.79 Å². The van der Waals surface area contributed by atoms with Crippen molar-refractivity contribution >= 4 is 11.7 Å². The summed E-state index contributed by atoms with van der Waals surface area (Å²) in [5.74, 6) is 1.21. The zero-order valence-corrected chi connectivity index (χ0v) is 14.4. The summed E-state index contributed by atoms with van der Waals surface area (Å²) < 4.78 is 2.13. The van der Waals surface area contributed by atoms with Crippen LogP contribution in [-0.4, -0.2) is 56.5 Å². The summed E-state index contributed by atoms with van der Waals surface area (Å²) in [5.41, 5.74) is 0. The molecule has 7 heteroatoms. The monoisotopic (exact) mass is 340 g/mol. The standard InChI is InChI=1S/C18H24N6O/c25-18(23-9-2-4-16(13-23)24-10-7-20-14-24)15-3-1-8-22(12-15)17-11-19-5-6-21-17/h5-7,10-11,14-16H,1-4,8-9,12-13H2. The molecule has 0 aromatic carbocycles. The Labute approximate surface area is 147 Å². The fourth-order valence-corrected chi connectivity index (χ4v) is 3.98. The number of hydrogen-bond acceptors (Lipinski definition) is 5. The van der Waals surface area contributed by atoms with Gasteiger partial charge in [0.05, 0.1) is 24.5 Å². The minimum atomic E-state index is 0.0530. The molecule has 2 aliphatic heterocycles. The summed E-state index contributed by atoms with van der Waals surface area (Å²) in [6, 6.07) is 0.347. The van der Waals surface area contributed by atoms with Gasteiger partial charge in [0.25, 0.3) is 0 Å². The molecule has 132 valence electrons. The summed E-state index contributed by atoms with van der Waals surface area (Å²) >= 11 is 0. The maximum absolute atomic E-state index is 13.1. The molecular formula is C18H24N6O. The van der Waals surface area contributed by atoms with Gasteiger partial charge in [-0.2, -0.15) is 0 Å². The van der Waals surface area contributed by atoms with E-state index in [9.17, 15) is 4.79 Å². The minimum Gasteiger partial charge on any atom is -0.355 e. The van der Waals surface area contributed by atoms with Gasteiger partial charge in [-0.15, -0.1) is 0 Å². The van der Waals surface area contributed by atoms with E-state index in [-0.39, 0.29) is 5.92 Å². The highest BCUT2D eigenvalue weighted by Gasteiger charge is 2.32. The Morgan fingerprint density at radius 2 is 1.96 bits per heavy atom. The van der Waals surface area contributed by atoms with E-state index in [0.29, 0.717) is 11.9 Å². The van der Waals surface area contributed by atoms with Crippen molar-refractivity contribution in [3.8, 4) is 0 Å². The van der Waals surface area contributed by atoms with E-state index in [1.807, 2.05) is 12.5 Å². The predicted molar refractivity (Wildman–Crippen MR) is 94.0 cm³/mol. The topological polar surface area (TPSA) is 67.2 Å². The van der Waals surface area contributed by atoms with Gasteiger partial charge in [-0.05, 0) is 25.7 Å². The van der Waals surface area contributed by atoms with Crippen molar-refractivity contribution in [2.24, 2.45) is 5.92 Å². The molecule has 2 atom stereocenters. The molecule has 0 radical (unpaired) electrons. The fraction of sp³-hybridized carbons (Fsp3) is 0.556. The van der Waals surface area contributed by atoms with Gasteiger partial charge in [0.1, 0.15) is 5.82 Å². The van der Waals surface area contributed by atoms with E-state index in [1.54, 1.807) is 24.8 Å². The largest absolute Gasteiger partial charge is 0.355 e. The molecule has 25 heavy (non-hydrogen) atoms. The molecule has 1 amide bonds. The van der Waals surface area contributed by atoms with Crippen LogP contribution in [0.1, 0.15) is 31.7 Å². The first-order valence-corrected chi connectivity index (χ1v) is 9.08. The number of nitrogens with zero attached hydrogens (tertiary/aromatic N) is 6. The second-order valence-electron chi connectivity index (χ2n) is 6.94. The first-order chi connectivity index (χ1) is 12.3. The molecule has 2 aliphatic rings. The lowest BCUT2D eigenvalue weighted by atomic mass is 9.95. The molecule has 7 nitrogen and oxygen atoms in total. The number of carbonyl (C=O) groups is 1. The van der Waals surface area contributed by atoms with Gasteiger partial charge in [0.2, 0.25) is 5.91 Å². The van der Waals surface area contributed by atoms with Crippen LogP contribution in [-0.2, 0) is 4.79 Å². The molecule has 0 N–H and O–H groups in total. The van der Waals surface area contributed by atoms with Crippen molar-refractivity contribution in [2.45, 2.75) is 31.7 Å². The number of amides is 1. The molecule has 0 saturated carbocycles. The normalized spacial score (nSPS) is 24.3. The number of hydrogen-bond donors (Lipinski definition) is 0. The Morgan fingerprint density at radius 3 is 2.76 bits per heavy atom. The lowest BCUT2D eigenvalue weighted by Gasteiger charge is -2.38. The lowest BCUT2D eigenvalue weighted by molar-refractivity contribution is -0.137. The van der Waals surface area contributed by atoms with Crippen LogP contribution in [0.5, 0.6) is 0 Å². The Kier molecular flexibility index (Phi) is 4.63. The Morgan fingerprint density at radius 1 is 1.04 bits per heavy atom. The molecule has 2 saturated heterocycles. The molecule has 2 fully saturated rings. The van der Waals surface area contributed by atoms with Crippen LogP contribution in [0.3, 0.4) is 0 Å². The third-order valence-electron chi connectivity index (χ3n) is 5.30. The molecule has 0 spiro atoms. The first-order valence-electron chi connectivity index (χ1n) is 9.08. The predicted octanol–water partition coefficient (Wildman–Crippen LogP) is 1.75. The fourth-order valence-electron chi connectivity index (χ4n) is 3.98. The number of anilines is 1. The SMILES string of the molecule is O=C(C1CCCN(c2cnccn2)C1)N1CCCC(n2ccnc2)C1. The first kappa shape index (κ1) is 16.1. The highest BCUT2D eigenvalue weighted by Crippen LogP contribution is 2.26. The van der Waals surface area contributed by atoms with E-state index in [0.717, 1.165) is 57.7 Å². The summed E-state index contributed by atoms with van der Waals surface area (Å²) in [5, 5.41) is 0. The summed E-state index contributed by atoms with van der Waals surface area (Å²) in [4.78, 5) is 30.0. The number of piperidine rings is 2. The summed E-state index contributed by atoms with van der Waals surface area (Å²) in [6.07, 6.45) is 15.0. The molecule has 2 aromatic rings. The molecule has 0 bridgehead atoms. The average Bonchev–Trinajstić information content (AvgIpc) is 3.23. The van der Waals surface area contributed by atoms with Crippen LogP contribution in [0.4, 0.5) is 5.82 Å². The average molecular weight is 340 g/mol. The van der Waals surface area contributed by atoms with Gasteiger partial charge in [0.15, 0.2) is 0 Å². The summed E-state index contributed by atoms with van der Waals surface area (Å²) in [6.45, 7) is 3.34. The van der Waals surface area contributed by atoms with Crippen LogP contribution in [0.2, 0.25) is 0 Å². The maximum atomic E-state index is 13.1. The Balaban J connectivity index is 1.41. The van der Waals surface area contributed by atoms with Crippen molar-refractivity contribution in [1.82, 2.24) is 24.4 Å². The second-order valence-corrected chi connectivity index (χ2v) is 6.94. The van der Waals surface area contributed by atoms with E-state index >= 15 is 0 Å². The van der Waals surface area contributed by atoms with Crippen molar-refractivity contribution in [1.29, 1.82) is 0 Å². The van der Waals surface area contributed by atoms with E-state index in [4.69, 9.17) is 0 Å². The smallest absolute Gasteiger partial charge is 0.227 e. The van der Waals surface area contributed by atoms with Gasteiger partial charge in [0, 0.05) is 51.0 Å². The zero-order chi connectivity index (χ0) is 17.1. The molecule has 4 heterocycles. The van der Waals surface area contributed by atoms with Crippen molar-refractivity contribution in [2.75, 3.05) is 31.1 Å². The minimum absolute atomic E-state index is 0.0530. The van der Waals surface area contributed by atoms with Gasteiger partial charge < -0.3 is 14.4 Å². The van der Waals surface area contributed by atoms with Crippen LogP contribution >= 0.6 is 0 Å². The molecule has 2 unspecified atom stereocenters. The van der Waals surface area contributed by atoms with Crippen molar-refractivity contribution in [3.63, 3.8) is 0 Å². The van der Waals surface area contributed by atoms with E-state index < -0.39 is 0 Å². The number of aromatic nitrogens is 4. The Bertz CT molecular complexity index is 689. The Hall–Kier alpha value is -2.44. The van der Waals surface area contributed by atoms with Crippen LogP contribution in [0.25, 0.3) is 0 Å². The molecule has 0 aliphatic carbocycles. The highest BCUT2D eigenvalue weighted by atomic mass is 16.2. The van der Waals surface area contributed by atoms with Crippen molar-refractivity contribution in [3.05, 3.63) is 37.3 Å². The maximum Gasteiger partial charge on any atom is 0.227 e. The third-order valence-corrected chi connectivity index (χ3v) is 5.30. The number of imidazole rings is 1. The van der Waals surface area contributed by atoms with Gasteiger partial charge in [-0.3, -0.25) is 9.78 Å². The quantitative estimate of drug-likeness (QED) is 0.852. The third kappa shape index (κ3) is 3.50. The number of carbonyl (C=O) groups excluding carboxylic acids is 1. The van der Waals surface area contributed by atoms with E-state index in [2.05, 4.69) is 29.3 Å². The molecule has 4 rings (SSSR count). The number of likely N-dealkylation sites (tertiary alicyclic amines) is 1. The summed E-state index contributed by atoms with van der Waals surface area (Å²) in [7, 11) is 0. The van der Waals surface area contributed by atoms with Gasteiger partial charge in [-0.1, -0.05) is 0 Å². The van der Waals surface area contributed by atoms with Crippen LogP contribution < -0.4 is 4.90 Å². The van der Waals surface area contributed by atoms with E-state index in [1.165, 1.54) is 0 Å². The van der Waals surface area contributed by atoms with Crippen LogP contribution in [0, 0.1) is 5.92 Å². The molecule has 2 aromatic heterocycles. The van der Waals surface area contributed by atoms with Gasteiger partial charge >= 0.3 is 0 Å². The number of rotatable bonds is 3. The van der Waals surface area contributed by atoms with Gasteiger partial charge in [-0.25, -0.2) is 9.97 Å².